The van der Waals surface area contributed by atoms with Crippen molar-refractivity contribution >= 4 is 28.5 Å². The van der Waals surface area contributed by atoms with Crippen molar-refractivity contribution in [1.82, 2.24) is 9.88 Å². The van der Waals surface area contributed by atoms with E-state index in [9.17, 15) is 14.7 Å². The van der Waals surface area contributed by atoms with E-state index < -0.39 is 24.1 Å². The SMILES string of the molecule is O=C(Nc1nc(-c2ccccc2)cs1)[C@H]1C[C@@H](O)CN1C(=O)Oc1ccccc1. The second-order valence-corrected chi connectivity index (χ2v) is 7.49. The van der Waals surface area contributed by atoms with Gasteiger partial charge in [0, 0.05) is 17.4 Å². The molecular weight excluding hydrogens is 390 g/mol. The third-order valence-corrected chi connectivity index (χ3v) is 5.33. The predicted octanol–water partition coefficient (Wildman–Crippen LogP) is 3.38. The van der Waals surface area contributed by atoms with Gasteiger partial charge in [-0.15, -0.1) is 11.3 Å². The van der Waals surface area contributed by atoms with Crippen LogP contribution in [0.2, 0.25) is 0 Å². The molecule has 2 aromatic carbocycles. The van der Waals surface area contributed by atoms with E-state index in [0.29, 0.717) is 10.9 Å². The van der Waals surface area contributed by atoms with Crippen LogP contribution in [0.15, 0.2) is 66.0 Å². The lowest BCUT2D eigenvalue weighted by molar-refractivity contribution is -0.119. The summed E-state index contributed by atoms with van der Waals surface area (Å²) < 4.78 is 5.32. The zero-order chi connectivity index (χ0) is 20.2. The van der Waals surface area contributed by atoms with Crippen molar-refractivity contribution in [3.8, 4) is 17.0 Å². The highest BCUT2D eigenvalue weighted by molar-refractivity contribution is 7.14. The number of thiazole rings is 1. The van der Waals surface area contributed by atoms with E-state index in [4.69, 9.17) is 4.74 Å². The normalized spacial score (nSPS) is 18.4. The highest BCUT2D eigenvalue weighted by Crippen LogP contribution is 2.26. The van der Waals surface area contributed by atoms with Gasteiger partial charge in [-0.05, 0) is 12.1 Å². The number of aromatic nitrogens is 1. The number of aliphatic hydroxyl groups is 1. The molecule has 1 aromatic heterocycles. The molecule has 2 heterocycles. The maximum Gasteiger partial charge on any atom is 0.416 e. The Labute approximate surface area is 171 Å². The van der Waals surface area contributed by atoms with Crippen LogP contribution in [-0.4, -0.2) is 45.7 Å². The van der Waals surface area contributed by atoms with E-state index in [1.807, 2.05) is 41.8 Å². The van der Waals surface area contributed by atoms with Gasteiger partial charge in [-0.3, -0.25) is 9.69 Å². The minimum atomic E-state index is -0.828. The first-order valence-electron chi connectivity index (χ1n) is 9.13. The van der Waals surface area contributed by atoms with Crippen molar-refractivity contribution in [1.29, 1.82) is 0 Å². The van der Waals surface area contributed by atoms with Gasteiger partial charge in [0.15, 0.2) is 5.13 Å². The van der Waals surface area contributed by atoms with Gasteiger partial charge in [-0.2, -0.15) is 0 Å². The Kier molecular flexibility index (Phi) is 5.55. The fraction of sp³-hybridized carbons (Fsp3) is 0.190. The molecule has 0 bridgehead atoms. The smallest absolute Gasteiger partial charge is 0.410 e. The Balaban J connectivity index is 1.44. The monoisotopic (exact) mass is 409 g/mol. The van der Waals surface area contributed by atoms with Gasteiger partial charge in [-0.1, -0.05) is 48.5 Å². The van der Waals surface area contributed by atoms with Crippen LogP contribution in [0.5, 0.6) is 5.75 Å². The molecule has 1 aliphatic heterocycles. The van der Waals surface area contributed by atoms with Gasteiger partial charge < -0.3 is 15.2 Å². The average molecular weight is 409 g/mol. The van der Waals surface area contributed by atoms with Gasteiger partial charge in [-0.25, -0.2) is 9.78 Å². The Hall–Kier alpha value is -3.23. The third-order valence-electron chi connectivity index (χ3n) is 4.57. The Morgan fingerprint density at radius 1 is 1.10 bits per heavy atom. The van der Waals surface area contributed by atoms with Gasteiger partial charge in [0.25, 0.3) is 0 Å². The zero-order valence-corrected chi connectivity index (χ0v) is 16.2. The van der Waals surface area contributed by atoms with E-state index in [2.05, 4.69) is 10.3 Å². The zero-order valence-electron chi connectivity index (χ0n) is 15.4. The molecule has 1 aliphatic rings. The van der Waals surface area contributed by atoms with Crippen LogP contribution in [0.3, 0.4) is 0 Å². The van der Waals surface area contributed by atoms with Crippen LogP contribution in [0.1, 0.15) is 6.42 Å². The maximum absolute atomic E-state index is 12.8. The van der Waals surface area contributed by atoms with Crippen molar-refractivity contribution < 1.29 is 19.4 Å². The lowest BCUT2D eigenvalue weighted by atomic mass is 10.2. The van der Waals surface area contributed by atoms with Crippen molar-refractivity contribution in [2.45, 2.75) is 18.6 Å². The number of likely N-dealkylation sites (tertiary alicyclic amines) is 1. The first-order chi connectivity index (χ1) is 14.1. The predicted molar refractivity (Wildman–Crippen MR) is 110 cm³/mol. The largest absolute Gasteiger partial charge is 0.416 e. The number of nitrogens with zero attached hydrogens (tertiary/aromatic N) is 2. The van der Waals surface area contributed by atoms with Crippen LogP contribution in [-0.2, 0) is 4.79 Å². The molecule has 0 radical (unpaired) electrons. The molecule has 2 amide bonds. The number of hydrogen-bond acceptors (Lipinski definition) is 6. The molecule has 1 saturated heterocycles. The minimum absolute atomic E-state index is 0.0386. The number of rotatable bonds is 4. The molecule has 148 valence electrons. The summed E-state index contributed by atoms with van der Waals surface area (Å²) in [6.07, 6.45) is -1.31. The van der Waals surface area contributed by atoms with Gasteiger partial charge >= 0.3 is 6.09 Å². The minimum Gasteiger partial charge on any atom is -0.410 e. The van der Waals surface area contributed by atoms with Gasteiger partial charge in [0.1, 0.15) is 11.8 Å². The number of amides is 2. The molecule has 8 heteroatoms. The fourth-order valence-electron chi connectivity index (χ4n) is 3.17. The third kappa shape index (κ3) is 4.44. The molecule has 0 spiro atoms. The molecule has 7 nitrogen and oxygen atoms in total. The van der Waals surface area contributed by atoms with Crippen LogP contribution in [0, 0.1) is 0 Å². The quantitative estimate of drug-likeness (QED) is 0.689. The number of nitrogens with one attached hydrogen (secondary N) is 1. The van der Waals surface area contributed by atoms with Gasteiger partial charge in [0.05, 0.1) is 18.3 Å². The number of ether oxygens (including phenoxy) is 1. The molecule has 0 aliphatic carbocycles. The molecule has 4 rings (SSSR count). The number of carbonyl (C=O) groups excluding carboxylic acids is 2. The number of aliphatic hydroxyl groups excluding tert-OH is 1. The molecule has 1 fully saturated rings. The molecule has 29 heavy (non-hydrogen) atoms. The number of benzene rings is 2. The molecule has 0 unspecified atom stereocenters. The Bertz CT molecular complexity index is 993. The fourth-order valence-corrected chi connectivity index (χ4v) is 3.90. The van der Waals surface area contributed by atoms with Crippen LogP contribution in [0.4, 0.5) is 9.93 Å². The van der Waals surface area contributed by atoms with Crippen LogP contribution >= 0.6 is 11.3 Å². The van der Waals surface area contributed by atoms with Crippen LogP contribution in [0.25, 0.3) is 11.3 Å². The first-order valence-corrected chi connectivity index (χ1v) is 10.0. The van der Waals surface area contributed by atoms with E-state index >= 15 is 0 Å². The van der Waals surface area contributed by atoms with Crippen molar-refractivity contribution in [2.24, 2.45) is 0 Å². The molecule has 3 aromatic rings. The van der Waals surface area contributed by atoms with Gasteiger partial charge in [0.2, 0.25) is 5.91 Å². The van der Waals surface area contributed by atoms with Crippen molar-refractivity contribution in [3.63, 3.8) is 0 Å². The molecule has 2 atom stereocenters. The van der Waals surface area contributed by atoms with Crippen LogP contribution < -0.4 is 10.1 Å². The number of para-hydroxylation sites is 1. The second kappa shape index (κ2) is 8.42. The van der Waals surface area contributed by atoms with E-state index in [-0.39, 0.29) is 13.0 Å². The molecule has 2 N–H and O–H groups in total. The summed E-state index contributed by atoms with van der Waals surface area (Å²) in [4.78, 5) is 31.0. The summed E-state index contributed by atoms with van der Waals surface area (Å²) in [6, 6.07) is 17.4. The van der Waals surface area contributed by atoms with E-state index in [1.54, 1.807) is 24.3 Å². The molecule has 0 saturated carbocycles. The standard InChI is InChI=1S/C21H19N3O4S/c25-15-11-18(24(12-15)21(27)28-16-9-5-2-6-10-16)19(26)23-20-22-17(13-29-20)14-7-3-1-4-8-14/h1-10,13,15,18,25H,11-12H2,(H,22,23,26)/t15-,18-/m1/s1. The first kappa shape index (κ1) is 19.1. The summed E-state index contributed by atoms with van der Waals surface area (Å²) in [6.45, 7) is 0.0386. The summed E-state index contributed by atoms with van der Waals surface area (Å²) in [5.74, 6) is -0.0222. The lowest BCUT2D eigenvalue weighted by Gasteiger charge is -2.22. The summed E-state index contributed by atoms with van der Waals surface area (Å²) in [5.41, 5.74) is 1.71. The Morgan fingerprint density at radius 3 is 2.52 bits per heavy atom. The van der Waals surface area contributed by atoms with Crippen molar-refractivity contribution in [2.75, 3.05) is 11.9 Å². The Morgan fingerprint density at radius 2 is 1.79 bits per heavy atom. The maximum atomic E-state index is 12.8. The lowest BCUT2D eigenvalue weighted by Crippen LogP contribution is -2.44. The summed E-state index contributed by atoms with van der Waals surface area (Å²) in [5, 5.41) is 15.1. The average Bonchev–Trinajstić information content (AvgIpc) is 3.36. The number of hydrogen-bond donors (Lipinski definition) is 2. The van der Waals surface area contributed by atoms with Crippen molar-refractivity contribution in [3.05, 3.63) is 66.0 Å². The summed E-state index contributed by atoms with van der Waals surface area (Å²) >= 11 is 1.30. The number of β-amino-alcohol motifs (C(OH)–C–C–N with tert-alkyl or cyclic N) is 1. The molecular formula is C21H19N3O4S. The second-order valence-electron chi connectivity index (χ2n) is 6.63. The highest BCUT2D eigenvalue weighted by atomic mass is 32.1. The number of carbonyl (C=O) groups is 2. The van der Waals surface area contributed by atoms with E-state index in [1.165, 1.54) is 16.2 Å². The highest BCUT2D eigenvalue weighted by Gasteiger charge is 2.40. The topological polar surface area (TPSA) is 91.8 Å². The summed E-state index contributed by atoms with van der Waals surface area (Å²) in [7, 11) is 0. The number of anilines is 1. The van der Waals surface area contributed by atoms with E-state index in [0.717, 1.165) is 11.3 Å².